The smallest absolute Gasteiger partial charge is 0.161 e. The summed E-state index contributed by atoms with van der Waals surface area (Å²) in [6, 6.07) is 6.48. The second kappa shape index (κ2) is 6.91. The van der Waals surface area contributed by atoms with E-state index in [0.717, 1.165) is 30.9 Å². The van der Waals surface area contributed by atoms with Gasteiger partial charge in [-0.25, -0.2) is 0 Å². The molecule has 0 bridgehead atoms. The molecule has 2 fully saturated rings. The number of hydrogen-bond acceptors (Lipinski definition) is 3. The van der Waals surface area contributed by atoms with Crippen LogP contribution in [0.3, 0.4) is 0 Å². The largest absolute Gasteiger partial charge is 0.493 e. The van der Waals surface area contributed by atoms with Gasteiger partial charge in [-0.1, -0.05) is 25.3 Å². The van der Waals surface area contributed by atoms with E-state index in [9.17, 15) is 0 Å². The highest BCUT2D eigenvalue weighted by Gasteiger charge is 2.33. The predicted octanol–water partition coefficient (Wildman–Crippen LogP) is 4.18. The molecular weight excluding hydrogens is 274 g/mol. The molecule has 2 N–H and O–H groups in total. The van der Waals surface area contributed by atoms with Gasteiger partial charge in [0.1, 0.15) is 0 Å². The van der Waals surface area contributed by atoms with Gasteiger partial charge >= 0.3 is 0 Å². The first-order valence-corrected chi connectivity index (χ1v) is 8.83. The van der Waals surface area contributed by atoms with Crippen LogP contribution in [0.4, 0.5) is 0 Å². The summed E-state index contributed by atoms with van der Waals surface area (Å²) in [7, 11) is 1.73. The maximum atomic E-state index is 6.16. The lowest BCUT2D eigenvalue weighted by Gasteiger charge is -2.37. The van der Waals surface area contributed by atoms with E-state index < -0.39 is 0 Å². The lowest BCUT2D eigenvalue weighted by Crippen LogP contribution is -2.37. The Labute approximate surface area is 134 Å². The third-order valence-corrected chi connectivity index (χ3v) is 5.57. The van der Waals surface area contributed by atoms with Crippen LogP contribution in [0.25, 0.3) is 0 Å². The molecule has 2 aliphatic carbocycles. The molecule has 3 heteroatoms. The van der Waals surface area contributed by atoms with E-state index in [0.29, 0.717) is 6.10 Å². The van der Waals surface area contributed by atoms with Crippen molar-refractivity contribution in [3.05, 3.63) is 23.8 Å². The van der Waals surface area contributed by atoms with Gasteiger partial charge in [0.2, 0.25) is 0 Å². The van der Waals surface area contributed by atoms with Crippen LogP contribution in [0.2, 0.25) is 0 Å². The summed E-state index contributed by atoms with van der Waals surface area (Å²) < 4.78 is 11.8. The van der Waals surface area contributed by atoms with E-state index in [4.69, 9.17) is 15.2 Å². The zero-order valence-corrected chi connectivity index (χ0v) is 13.8. The topological polar surface area (TPSA) is 44.5 Å². The van der Waals surface area contributed by atoms with Crippen LogP contribution in [0, 0.1) is 0 Å². The Morgan fingerprint density at radius 3 is 2.41 bits per heavy atom. The molecule has 2 aliphatic rings. The van der Waals surface area contributed by atoms with Crippen molar-refractivity contribution in [3.63, 3.8) is 0 Å². The second-order valence-electron chi connectivity index (χ2n) is 6.94. The van der Waals surface area contributed by atoms with Gasteiger partial charge in [0.25, 0.3) is 0 Å². The first kappa shape index (κ1) is 15.7. The molecule has 0 aliphatic heterocycles. The van der Waals surface area contributed by atoms with E-state index in [2.05, 4.69) is 18.2 Å². The average molecular weight is 303 g/mol. The SMILES string of the molecule is COc1cc(C2(CN)CCCCC2)ccc1OC1CCCC1. The van der Waals surface area contributed by atoms with Gasteiger partial charge in [0.05, 0.1) is 13.2 Å². The Bertz CT molecular complexity index is 488. The van der Waals surface area contributed by atoms with Crippen LogP contribution in [0.5, 0.6) is 11.5 Å². The molecule has 22 heavy (non-hydrogen) atoms. The maximum Gasteiger partial charge on any atom is 0.161 e. The minimum absolute atomic E-state index is 0.136. The van der Waals surface area contributed by atoms with Crippen molar-refractivity contribution in [2.75, 3.05) is 13.7 Å². The molecule has 0 amide bonds. The van der Waals surface area contributed by atoms with Gasteiger partial charge in [-0.3, -0.25) is 0 Å². The van der Waals surface area contributed by atoms with Gasteiger partial charge in [0.15, 0.2) is 11.5 Å². The van der Waals surface area contributed by atoms with Gasteiger partial charge < -0.3 is 15.2 Å². The molecule has 0 aromatic heterocycles. The zero-order chi connectivity index (χ0) is 15.4. The Morgan fingerprint density at radius 2 is 1.77 bits per heavy atom. The number of ether oxygens (including phenoxy) is 2. The summed E-state index contributed by atoms with van der Waals surface area (Å²) in [6.45, 7) is 0.721. The van der Waals surface area contributed by atoms with E-state index >= 15 is 0 Å². The van der Waals surface area contributed by atoms with Crippen LogP contribution in [-0.4, -0.2) is 19.8 Å². The molecule has 1 aromatic carbocycles. The molecular formula is C19H29NO2. The van der Waals surface area contributed by atoms with Crippen LogP contribution >= 0.6 is 0 Å². The van der Waals surface area contributed by atoms with Crippen molar-refractivity contribution in [3.8, 4) is 11.5 Å². The highest BCUT2D eigenvalue weighted by molar-refractivity contribution is 5.45. The van der Waals surface area contributed by atoms with E-state index in [-0.39, 0.29) is 5.41 Å². The highest BCUT2D eigenvalue weighted by Crippen LogP contribution is 2.42. The molecule has 0 saturated heterocycles. The number of methoxy groups -OCH3 is 1. The normalized spacial score (nSPS) is 21.7. The highest BCUT2D eigenvalue weighted by atomic mass is 16.5. The van der Waals surface area contributed by atoms with Crippen LogP contribution in [0.1, 0.15) is 63.4 Å². The fourth-order valence-corrected chi connectivity index (χ4v) is 4.12. The number of rotatable bonds is 5. The molecule has 0 unspecified atom stereocenters. The molecule has 122 valence electrons. The summed E-state index contributed by atoms with van der Waals surface area (Å²) >= 11 is 0. The molecule has 2 saturated carbocycles. The standard InChI is InChI=1S/C19H29NO2/c1-21-18-13-15(19(14-20)11-5-2-6-12-19)9-10-17(18)22-16-7-3-4-8-16/h9-10,13,16H,2-8,11-12,14,20H2,1H3. The zero-order valence-electron chi connectivity index (χ0n) is 13.8. The van der Waals surface area contributed by atoms with Gasteiger partial charge in [-0.2, -0.15) is 0 Å². The molecule has 3 nitrogen and oxygen atoms in total. The first-order valence-electron chi connectivity index (χ1n) is 8.83. The number of benzene rings is 1. The Balaban J connectivity index is 1.83. The van der Waals surface area contributed by atoms with Crippen molar-refractivity contribution in [2.45, 2.75) is 69.3 Å². The second-order valence-corrected chi connectivity index (χ2v) is 6.94. The third-order valence-electron chi connectivity index (χ3n) is 5.57. The van der Waals surface area contributed by atoms with Crippen LogP contribution < -0.4 is 15.2 Å². The van der Waals surface area contributed by atoms with Gasteiger partial charge in [-0.05, 0) is 56.2 Å². The minimum atomic E-state index is 0.136. The Kier molecular flexibility index (Phi) is 4.92. The molecule has 0 heterocycles. The van der Waals surface area contributed by atoms with Crippen molar-refractivity contribution in [2.24, 2.45) is 5.73 Å². The van der Waals surface area contributed by atoms with Crippen molar-refractivity contribution >= 4 is 0 Å². The maximum absolute atomic E-state index is 6.16. The van der Waals surface area contributed by atoms with Crippen LogP contribution in [-0.2, 0) is 5.41 Å². The third kappa shape index (κ3) is 3.10. The monoisotopic (exact) mass is 303 g/mol. The van der Waals surface area contributed by atoms with Gasteiger partial charge in [-0.15, -0.1) is 0 Å². The molecule has 0 atom stereocenters. The van der Waals surface area contributed by atoms with Crippen molar-refractivity contribution < 1.29 is 9.47 Å². The Morgan fingerprint density at radius 1 is 1.05 bits per heavy atom. The van der Waals surface area contributed by atoms with Crippen LogP contribution in [0.15, 0.2) is 18.2 Å². The lowest BCUT2D eigenvalue weighted by atomic mass is 9.69. The van der Waals surface area contributed by atoms with E-state index in [1.807, 2.05) is 0 Å². The van der Waals surface area contributed by atoms with E-state index in [1.165, 1.54) is 50.5 Å². The van der Waals surface area contributed by atoms with Crippen molar-refractivity contribution in [1.29, 1.82) is 0 Å². The predicted molar refractivity (Wildman–Crippen MR) is 89.7 cm³/mol. The summed E-state index contributed by atoms with van der Waals surface area (Å²) in [6.07, 6.45) is 11.5. The lowest BCUT2D eigenvalue weighted by molar-refractivity contribution is 0.200. The van der Waals surface area contributed by atoms with E-state index in [1.54, 1.807) is 7.11 Å². The average Bonchev–Trinajstić information content (AvgIpc) is 3.09. The summed E-state index contributed by atoms with van der Waals surface area (Å²) in [4.78, 5) is 0. The number of nitrogens with two attached hydrogens (primary N) is 1. The molecule has 1 aromatic rings. The first-order chi connectivity index (χ1) is 10.8. The fourth-order valence-electron chi connectivity index (χ4n) is 4.12. The molecule has 0 spiro atoms. The molecule has 0 radical (unpaired) electrons. The van der Waals surface area contributed by atoms with Crippen molar-refractivity contribution in [1.82, 2.24) is 0 Å². The minimum Gasteiger partial charge on any atom is -0.493 e. The fraction of sp³-hybridized carbons (Fsp3) is 0.684. The summed E-state index contributed by atoms with van der Waals surface area (Å²) in [5, 5.41) is 0. The quantitative estimate of drug-likeness (QED) is 0.887. The van der Waals surface area contributed by atoms with Gasteiger partial charge in [0, 0.05) is 12.0 Å². The number of hydrogen-bond donors (Lipinski definition) is 1. The summed E-state index contributed by atoms with van der Waals surface area (Å²) in [5.41, 5.74) is 7.62. The molecule has 3 rings (SSSR count). The Hall–Kier alpha value is -1.22. The summed E-state index contributed by atoms with van der Waals surface area (Å²) in [5.74, 6) is 1.75.